The predicted molar refractivity (Wildman–Crippen MR) is 118 cm³/mol. The van der Waals surface area contributed by atoms with E-state index >= 15 is 0 Å². The molecule has 0 saturated heterocycles. The highest BCUT2D eigenvalue weighted by molar-refractivity contribution is 6.31. The second-order valence-corrected chi connectivity index (χ2v) is 8.03. The number of pyridine rings is 1. The van der Waals surface area contributed by atoms with E-state index in [1.165, 1.54) is 0 Å². The lowest BCUT2D eigenvalue weighted by Crippen LogP contribution is -2.16. The van der Waals surface area contributed by atoms with Crippen molar-refractivity contribution in [2.75, 3.05) is 5.73 Å². The van der Waals surface area contributed by atoms with Gasteiger partial charge in [0.2, 0.25) is 0 Å². The maximum atomic E-state index is 13.2. The van der Waals surface area contributed by atoms with E-state index in [1.54, 1.807) is 25.3 Å². The van der Waals surface area contributed by atoms with Crippen LogP contribution in [0.25, 0.3) is 22.2 Å². The Morgan fingerprint density at radius 3 is 2.69 bits per heavy atom. The van der Waals surface area contributed by atoms with Gasteiger partial charge in [0.25, 0.3) is 0 Å². The van der Waals surface area contributed by atoms with Crippen LogP contribution in [0.15, 0.2) is 42.6 Å². The smallest absolute Gasteiger partial charge is 0.387 e. The van der Waals surface area contributed by atoms with Gasteiger partial charge in [-0.3, -0.25) is 0 Å². The third-order valence-corrected chi connectivity index (χ3v) is 5.91. The number of hydrogen-bond donors (Lipinski definition) is 1. The molecular formula is C23H19ClF2N4O2. The van der Waals surface area contributed by atoms with E-state index in [-0.39, 0.29) is 25.5 Å². The molecule has 1 aliphatic rings. The van der Waals surface area contributed by atoms with Crippen molar-refractivity contribution in [3.05, 3.63) is 70.1 Å². The highest BCUT2D eigenvalue weighted by Crippen LogP contribution is 2.37. The lowest BCUT2D eigenvalue weighted by Gasteiger charge is -2.23. The monoisotopic (exact) mass is 456 g/mol. The molecule has 2 N–H and O–H groups in total. The molecule has 3 heterocycles. The largest absolute Gasteiger partial charge is 0.434 e. The minimum Gasteiger partial charge on any atom is -0.434 e. The highest BCUT2D eigenvalue weighted by Gasteiger charge is 2.24. The third kappa shape index (κ3) is 3.65. The molecule has 0 aliphatic carbocycles. The van der Waals surface area contributed by atoms with Crippen LogP contribution in [0, 0.1) is 6.92 Å². The zero-order valence-electron chi connectivity index (χ0n) is 17.1. The van der Waals surface area contributed by atoms with E-state index in [4.69, 9.17) is 31.8 Å². The molecule has 0 bridgehead atoms. The predicted octanol–water partition coefficient (Wildman–Crippen LogP) is 5.32. The number of anilines is 1. The topological polar surface area (TPSA) is 75.2 Å². The van der Waals surface area contributed by atoms with Gasteiger partial charge < -0.3 is 19.8 Å². The Kier molecular flexibility index (Phi) is 5.19. The van der Waals surface area contributed by atoms with Crippen molar-refractivity contribution < 1.29 is 18.3 Å². The molecule has 9 heteroatoms. The van der Waals surface area contributed by atoms with Crippen molar-refractivity contribution >= 4 is 28.5 Å². The van der Waals surface area contributed by atoms with E-state index in [0.717, 1.165) is 22.2 Å². The van der Waals surface area contributed by atoms with Crippen LogP contribution in [0.5, 0.6) is 5.75 Å². The number of alkyl halides is 2. The minimum absolute atomic E-state index is 0.122. The molecule has 2 aromatic carbocycles. The number of rotatable bonds is 3. The van der Waals surface area contributed by atoms with E-state index in [9.17, 15) is 8.78 Å². The van der Waals surface area contributed by atoms with Crippen LogP contribution in [-0.2, 0) is 24.5 Å². The maximum absolute atomic E-state index is 13.2. The SMILES string of the molecule is Cc1cc(Cl)c2c(c1OC(F)F)Cn1c(nc3ccc(-c4ccc(N)nc4)cc31)COC2. The fourth-order valence-electron chi connectivity index (χ4n) is 4.06. The molecule has 0 saturated carbocycles. The van der Waals surface area contributed by atoms with Gasteiger partial charge >= 0.3 is 6.61 Å². The summed E-state index contributed by atoms with van der Waals surface area (Å²) in [6.45, 7) is -0.532. The van der Waals surface area contributed by atoms with E-state index in [2.05, 4.69) is 4.98 Å². The molecule has 0 spiro atoms. The van der Waals surface area contributed by atoms with Crippen LogP contribution in [0.2, 0.25) is 5.02 Å². The molecule has 164 valence electrons. The number of ether oxygens (including phenoxy) is 2. The van der Waals surface area contributed by atoms with Gasteiger partial charge in [0.15, 0.2) is 0 Å². The Labute approximate surface area is 187 Å². The van der Waals surface area contributed by atoms with Gasteiger partial charge in [-0.15, -0.1) is 0 Å². The molecule has 0 unspecified atom stereocenters. The van der Waals surface area contributed by atoms with E-state index in [0.29, 0.717) is 33.4 Å². The van der Waals surface area contributed by atoms with Crippen molar-refractivity contribution in [3.63, 3.8) is 0 Å². The summed E-state index contributed by atoms with van der Waals surface area (Å²) in [5.41, 5.74) is 10.9. The van der Waals surface area contributed by atoms with E-state index in [1.807, 2.05) is 28.8 Å². The van der Waals surface area contributed by atoms with Gasteiger partial charge in [0, 0.05) is 27.9 Å². The number of nitrogens with two attached hydrogens (primary N) is 1. The average Bonchev–Trinajstić information content (AvgIpc) is 3.07. The Morgan fingerprint density at radius 1 is 1.12 bits per heavy atom. The van der Waals surface area contributed by atoms with Gasteiger partial charge in [-0.05, 0) is 48.4 Å². The molecule has 32 heavy (non-hydrogen) atoms. The summed E-state index contributed by atoms with van der Waals surface area (Å²) in [6.07, 6.45) is 1.71. The molecule has 0 amide bonds. The van der Waals surface area contributed by atoms with Crippen molar-refractivity contribution in [2.45, 2.75) is 33.3 Å². The molecule has 0 radical (unpaired) electrons. The van der Waals surface area contributed by atoms with Crippen molar-refractivity contribution in [1.82, 2.24) is 14.5 Å². The van der Waals surface area contributed by atoms with Gasteiger partial charge in [0.1, 0.15) is 24.0 Å². The molecular weight excluding hydrogens is 438 g/mol. The zero-order valence-corrected chi connectivity index (χ0v) is 17.9. The molecule has 1 aliphatic heterocycles. The first-order valence-electron chi connectivity index (χ1n) is 9.95. The Morgan fingerprint density at radius 2 is 1.94 bits per heavy atom. The third-order valence-electron chi connectivity index (χ3n) is 5.58. The second kappa shape index (κ2) is 8.03. The summed E-state index contributed by atoms with van der Waals surface area (Å²) in [5.74, 6) is 1.26. The lowest BCUT2D eigenvalue weighted by molar-refractivity contribution is -0.0511. The number of nitrogens with zero attached hydrogens (tertiary/aromatic N) is 3. The molecule has 6 nitrogen and oxygen atoms in total. The number of nitrogen functional groups attached to an aromatic ring is 1. The number of halogens is 3. The Bertz CT molecular complexity index is 1320. The molecule has 0 atom stereocenters. The number of benzene rings is 2. The summed E-state index contributed by atoms with van der Waals surface area (Å²) < 4.78 is 39.1. The summed E-state index contributed by atoms with van der Waals surface area (Å²) >= 11 is 6.45. The van der Waals surface area contributed by atoms with Gasteiger partial charge in [0.05, 0.1) is 24.2 Å². The standard InChI is InChI=1S/C23H19ClF2N4O2/c1-12-6-17(24)16-10-31-11-21-29-18-4-2-13(14-3-5-20(27)28-8-14)7-19(18)30(21)9-15(16)22(12)32-23(25)26/h2-8,23H,9-11H2,1H3,(H2,27,28). The lowest BCUT2D eigenvalue weighted by atomic mass is 10.0. The normalized spacial score (nSPS) is 13.5. The highest BCUT2D eigenvalue weighted by atomic mass is 35.5. The van der Waals surface area contributed by atoms with Crippen LogP contribution in [0.1, 0.15) is 22.5 Å². The summed E-state index contributed by atoms with van der Waals surface area (Å²) in [4.78, 5) is 8.85. The molecule has 5 rings (SSSR count). The molecule has 4 aromatic rings. The first kappa shape index (κ1) is 20.7. The van der Waals surface area contributed by atoms with Gasteiger partial charge in [-0.1, -0.05) is 17.7 Å². The van der Waals surface area contributed by atoms with Crippen molar-refractivity contribution in [1.29, 1.82) is 0 Å². The number of fused-ring (bicyclic) bond motifs is 4. The van der Waals surface area contributed by atoms with Gasteiger partial charge in [-0.25, -0.2) is 9.97 Å². The first-order valence-corrected chi connectivity index (χ1v) is 10.3. The fourth-order valence-corrected chi connectivity index (χ4v) is 4.39. The van der Waals surface area contributed by atoms with Crippen LogP contribution in [-0.4, -0.2) is 21.1 Å². The van der Waals surface area contributed by atoms with Crippen LogP contribution in [0.4, 0.5) is 14.6 Å². The van der Waals surface area contributed by atoms with E-state index < -0.39 is 6.61 Å². The Hall–Kier alpha value is -3.23. The van der Waals surface area contributed by atoms with Crippen molar-refractivity contribution in [3.8, 4) is 16.9 Å². The van der Waals surface area contributed by atoms with Crippen molar-refractivity contribution in [2.24, 2.45) is 0 Å². The number of hydrogen-bond acceptors (Lipinski definition) is 5. The van der Waals surface area contributed by atoms with Crippen LogP contribution in [0.3, 0.4) is 0 Å². The minimum atomic E-state index is -2.95. The van der Waals surface area contributed by atoms with Crippen LogP contribution < -0.4 is 10.5 Å². The summed E-state index contributed by atoms with van der Waals surface area (Å²) in [5, 5.41) is 0.459. The first-order chi connectivity index (χ1) is 15.4. The number of imidazole rings is 1. The molecule has 0 fully saturated rings. The second-order valence-electron chi connectivity index (χ2n) is 7.62. The average molecular weight is 457 g/mol. The summed E-state index contributed by atoms with van der Waals surface area (Å²) in [6, 6.07) is 11.1. The quantitative estimate of drug-likeness (QED) is 0.451. The van der Waals surface area contributed by atoms with Gasteiger partial charge in [-0.2, -0.15) is 8.78 Å². The zero-order chi connectivity index (χ0) is 22.4. The number of aromatic nitrogens is 3. The number of aryl methyl sites for hydroxylation is 1. The van der Waals surface area contributed by atoms with Crippen LogP contribution >= 0.6 is 11.6 Å². The maximum Gasteiger partial charge on any atom is 0.387 e. The molecule has 2 aromatic heterocycles. The summed E-state index contributed by atoms with van der Waals surface area (Å²) in [7, 11) is 0. The fraction of sp³-hybridized carbons (Fsp3) is 0.217. The Balaban J connectivity index is 1.68.